The van der Waals surface area contributed by atoms with Gasteiger partial charge in [-0.2, -0.15) is 0 Å². The van der Waals surface area contributed by atoms with Gasteiger partial charge in [-0.1, -0.05) is 142 Å². The van der Waals surface area contributed by atoms with Crippen molar-refractivity contribution in [2.24, 2.45) is 0 Å². The fraction of sp³-hybridized carbons (Fsp3) is 0.846. The first-order chi connectivity index (χ1) is 12.9. The van der Waals surface area contributed by atoms with Crippen molar-refractivity contribution in [1.82, 2.24) is 0 Å². The van der Waals surface area contributed by atoms with E-state index in [0.717, 1.165) is 12.8 Å². The van der Waals surface area contributed by atoms with Crippen molar-refractivity contribution >= 4 is 0 Å². The molecular weight excluding hydrogens is 312 g/mol. The molecule has 154 valence electrons. The summed E-state index contributed by atoms with van der Waals surface area (Å²) in [6, 6.07) is 0. The second-order valence-electron chi connectivity index (χ2n) is 8.12. The Morgan fingerprint density at radius 1 is 0.308 bits per heavy atom. The molecule has 0 fully saturated rings. The molecule has 0 heterocycles. The van der Waals surface area contributed by atoms with E-state index in [1.165, 1.54) is 128 Å². The maximum absolute atomic E-state index is 3.90. The Hall–Kier alpha value is -0.260. The minimum Gasteiger partial charge on any atom is -0.0885 e. The average Bonchev–Trinajstić information content (AvgIpc) is 2.66. The molecule has 0 aliphatic carbocycles. The Bertz CT molecular complexity index is 227. The molecule has 0 aromatic carbocycles. The lowest BCUT2D eigenvalue weighted by atomic mass is 10.0. The monoisotopic (exact) mass is 362 g/mol. The van der Waals surface area contributed by atoms with Crippen LogP contribution in [0.25, 0.3) is 0 Å². The Kier molecular flexibility index (Phi) is 24.5. The summed E-state index contributed by atoms with van der Waals surface area (Å²) in [5, 5.41) is 0. The van der Waals surface area contributed by atoms with Crippen molar-refractivity contribution in [3.8, 4) is 0 Å². The van der Waals surface area contributed by atoms with Crippen LogP contribution in [-0.2, 0) is 0 Å². The largest absolute Gasteiger partial charge is 0.0885 e. The van der Waals surface area contributed by atoms with E-state index in [1.54, 1.807) is 0 Å². The number of rotatable bonds is 22. The lowest BCUT2D eigenvalue weighted by Gasteiger charge is -2.01. The summed E-state index contributed by atoms with van der Waals surface area (Å²) in [5.74, 6) is 0. The molecule has 0 spiro atoms. The highest BCUT2D eigenvalue weighted by Crippen LogP contribution is 2.13. The highest BCUT2D eigenvalue weighted by atomic mass is 14.0. The molecule has 0 nitrogen and oxygen atoms in total. The van der Waals surface area contributed by atoms with Gasteiger partial charge in [0.1, 0.15) is 0 Å². The second-order valence-corrected chi connectivity index (χ2v) is 8.12. The smallest absolute Gasteiger partial charge is 0.0351 e. The topological polar surface area (TPSA) is 0 Å². The van der Waals surface area contributed by atoms with Crippen LogP contribution in [-0.4, -0.2) is 0 Å². The van der Waals surface area contributed by atoms with Gasteiger partial charge in [0.15, 0.2) is 0 Å². The van der Waals surface area contributed by atoms with Gasteiger partial charge in [-0.25, -0.2) is 0 Å². The number of unbranched alkanes of at least 4 members (excludes halogenated alkanes) is 20. The third-order valence-corrected chi connectivity index (χ3v) is 5.41. The second kappa shape index (κ2) is 24.7. The third-order valence-electron chi connectivity index (χ3n) is 5.41. The molecule has 0 aliphatic heterocycles. The van der Waals surface area contributed by atoms with Gasteiger partial charge in [0.25, 0.3) is 0 Å². The minimum atomic E-state index is 1.12. The molecular formula is C26H50. The van der Waals surface area contributed by atoms with E-state index < -0.39 is 0 Å². The lowest BCUT2D eigenvalue weighted by Crippen LogP contribution is -1.82. The van der Waals surface area contributed by atoms with E-state index in [4.69, 9.17) is 0 Å². The van der Waals surface area contributed by atoms with Crippen molar-refractivity contribution in [2.45, 2.75) is 141 Å². The summed E-state index contributed by atoms with van der Waals surface area (Å²) >= 11 is 0. The van der Waals surface area contributed by atoms with Gasteiger partial charge in [0.2, 0.25) is 0 Å². The van der Waals surface area contributed by atoms with Crippen LogP contribution in [0.1, 0.15) is 141 Å². The third kappa shape index (κ3) is 23.7. The van der Waals surface area contributed by atoms with Crippen LogP contribution >= 0.6 is 0 Å². The van der Waals surface area contributed by atoms with Crippen LogP contribution in [0.3, 0.4) is 0 Å². The summed E-state index contributed by atoms with van der Waals surface area (Å²) in [7, 11) is 0. The zero-order valence-corrected chi connectivity index (χ0v) is 18.1. The maximum Gasteiger partial charge on any atom is -0.0351 e. The maximum atomic E-state index is 3.90. The van der Waals surface area contributed by atoms with Crippen LogP contribution in [0.15, 0.2) is 12.2 Å². The van der Waals surface area contributed by atoms with Gasteiger partial charge >= 0.3 is 0 Å². The standard InChI is InChI=1S/C26H50/c1-3-5-7-9-11-13-15-17-19-21-23-25-26-24-22-20-18-16-14-12-10-8-6-4-2/h25-26H,1-24H2/b26-25+. The van der Waals surface area contributed by atoms with E-state index in [1.807, 2.05) is 0 Å². The zero-order chi connectivity index (χ0) is 19.0. The van der Waals surface area contributed by atoms with E-state index in [2.05, 4.69) is 26.0 Å². The first-order valence-electron chi connectivity index (χ1n) is 12.1. The van der Waals surface area contributed by atoms with Crippen LogP contribution in [0.5, 0.6) is 0 Å². The fourth-order valence-corrected chi connectivity index (χ4v) is 3.59. The summed E-state index contributed by atoms with van der Waals surface area (Å²) in [6.07, 6.45) is 35.2. The highest BCUT2D eigenvalue weighted by Gasteiger charge is 1.93. The molecule has 0 aliphatic rings. The fourth-order valence-electron chi connectivity index (χ4n) is 3.59. The summed E-state index contributed by atoms with van der Waals surface area (Å²) in [6.45, 7) is 7.81. The molecule has 2 radical (unpaired) electrons. The van der Waals surface area contributed by atoms with Crippen molar-refractivity contribution in [2.75, 3.05) is 0 Å². The summed E-state index contributed by atoms with van der Waals surface area (Å²) in [4.78, 5) is 0. The highest BCUT2D eigenvalue weighted by molar-refractivity contribution is 4.81. The van der Waals surface area contributed by atoms with Gasteiger partial charge in [0, 0.05) is 0 Å². The molecule has 0 bridgehead atoms. The SMILES string of the molecule is [CH2]CCCCCCCCCCC/C=C/CCCCCCCCCCC[CH2]. The Labute approximate surface area is 167 Å². The van der Waals surface area contributed by atoms with Crippen molar-refractivity contribution in [3.05, 3.63) is 26.0 Å². The van der Waals surface area contributed by atoms with Crippen LogP contribution in [0, 0.1) is 13.8 Å². The quantitative estimate of drug-likeness (QED) is 0.133. The normalized spacial score (nSPS) is 11.6. The molecule has 0 heteroatoms. The first-order valence-corrected chi connectivity index (χ1v) is 12.1. The number of hydrogen-bond acceptors (Lipinski definition) is 0. The van der Waals surface area contributed by atoms with Crippen molar-refractivity contribution in [1.29, 1.82) is 0 Å². The Morgan fingerprint density at radius 2 is 0.538 bits per heavy atom. The summed E-state index contributed by atoms with van der Waals surface area (Å²) < 4.78 is 0. The zero-order valence-electron chi connectivity index (χ0n) is 18.1. The number of allylic oxidation sites excluding steroid dienone is 2. The van der Waals surface area contributed by atoms with Gasteiger partial charge in [0.05, 0.1) is 0 Å². The summed E-state index contributed by atoms with van der Waals surface area (Å²) in [5.41, 5.74) is 0. The first kappa shape index (κ1) is 25.7. The van der Waals surface area contributed by atoms with Gasteiger partial charge in [-0.3, -0.25) is 0 Å². The van der Waals surface area contributed by atoms with Crippen LogP contribution < -0.4 is 0 Å². The van der Waals surface area contributed by atoms with Gasteiger partial charge < -0.3 is 0 Å². The molecule has 0 amide bonds. The molecule has 0 aromatic rings. The predicted octanol–water partition coefficient (Wildman–Crippen LogP) is 9.79. The lowest BCUT2D eigenvalue weighted by molar-refractivity contribution is 0.559. The Balaban J connectivity index is 3.04. The van der Waals surface area contributed by atoms with Gasteiger partial charge in [-0.05, 0) is 25.7 Å². The Morgan fingerprint density at radius 3 is 0.808 bits per heavy atom. The van der Waals surface area contributed by atoms with Crippen molar-refractivity contribution in [3.63, 3.8) is 0 Å². The molecule has 0 N–H and O–H groups in total. The van der Waals surface area contributed by atoms with Gasteiger partial charge in [-0.15, -0.1) is 0 Å². The van der Waals surface area contributed by atoms with E-state index in [0.29, 0.717) is 0 Å². The van der Waals surface area contributed by atoms with Crippen molar-refractivity contribution < 1.29 is 0 Å². The van der Waals surface area contributed by atoms with E-state index in [9.17, 15) is 0 Å². The molecule has 0 atom stereocenters. The van der Waals surface area contributed by atoms with Crippen LogP contribution in [0.2, 0.25) is 0 Å². The van der Waals surface area contributed by atoms with E-state index >= 15 is 0 Å². The predicted molar refractivity (Wildman–Crippen MR) is 121 cm³/mol. The minimum absolute atomic E-state index is 1.12. The molecule has 0 saturated heterocycles. The van der Waals surface area contributed by atoms with E-state index in [-0.39, 0.29) is 0 Å². The molecule has 0 aromatic heterocycles. The molecule has 0 saturated carbocycles. The molecule has 0 unspecified atom stereocenters. The number of hydrogen-bond donors (Lipinski definition) is 0. The molecule has 0 rings (SSSR count). The average molecular weight is 363 g/mol. The van der Waals surface area contributed by atoms with Crippen LogP contribution in [0.4, 0.5) is 0 Å². The molecule has 26 heavy (non-hydrogen) atoms.